The van der Waals surface area contributed by atoms with Crippen molar-refractivity contribution in [2.75, 3.05) is 12.4 Å². The number of nitrogens with zero attached hydrogens (tertiary/aromatic N) is 1. The van der Waals surface area contributed by atoms with Gasteiger partial charge in [0.2, 0.25) is 0 Å². The van der Waals surface area contributed by atoms with Gasteiger partial charge in [0.05, 0.1) is 11.6 Å². The Morgan fingerprint density at radius 1 is 1.15 bits per heavy atom. The maximum atomic E-state index is 13.4. The minimum absolute atomic E-state index is 0.105. The van der Waals surface area contributed by atoms with Gasteiger partial charge in [-0.05, 0) is 36.8 Å². The number of anilines is 1. The average molecular weight is 392 g/mol. The zero-order valence-electron chi connectivity index (χ0n) is 14.5. The lowest BCUT2D eigenvalue weighted by Gasteiger charge is -2.33. The van der Waals surface area contributed by atoms with Gasteiger partial charge < -0.3 is 15.5 Å². The van der Waals surface area contributed by atoms with Crippen LogP contribution in [-0.4, -0.2) is 23.9 Å². The zero-order valence-corrected chi connectivity index (χ0v) is 15.3. The molecule has 0 spiro atoms. The molecule has 140 valence electrons. The number of carbonyl (C=O) groups excluding carboxylic acids is 2. The van der Waals surface area contributed by atoms with Gasteiger partial charge >= 0.3 is 6.03 Å². The lowest BCUT2D eigenvalue weighted by molar-refractivity contribution is -0.113. The first-order chi connectivity index (χ1) is 12.8. The number of amides is 3. The molecule has 0 bridgehead atoms. The topological polar surface area (TPSA) is 61.4 Å². The van der Waals surface area contributed by atoms with Crippen LogP contribution in [0.15, 0.2) is 53.7 Å². The molecule has 1 atom stereocenters. The largest absolute Gasteiger partial charge is 0.327 e. The molecule has 1 heterocycles. The summed E-state index contributed by atoms with van der Waals surface area (Å²) in [6, 6.07) is 8.72. The summed E-state index contributed by atoms with van der Waals surface area (Å²) in [4.78, 5) is 26.4. The van der Waals surface area contributed by atoms with Crippen molar-refractivity contribution in [3.63, 3.8) is 0 Å². The van der Waals surface area contributed by atoms with E-state index in [1.165, 1.54) is 18.0 Å². The standard InChI is InChI=1S/C19H16ClF2N3O2/c1-10-16(18(26)23-13-7-8-14(21)15(22)9-13)17(24-19(27)25(10)2)11-3-5-12(20)6-4-11/h3-9,17H,1-2H3,(H,23,26)(H,24,27)/t17-/m1/s1. The molecule has 0 saturated carbocycles. The van der Waals surface area contributed by atoms with E-state index in [1.807, 2.05) is 0 Å². The minimum atomic E-state index is -1.07. The van der Waals surface area contributed by atoms with Crippen LogP contribution in [-0.2, 0) is 4.79 Å². The Labute approximate surface area is 159 Å². The van der Waals surface area contributed by atoms with Gasteiger partial charge in [-0.3, -0.25) is 4.79 Å². The minimum Gasteiger partial charge on any atom is -0.327 e. The number of nitrogens with one attached hydrogen (secondary N) is 2. The summed E-state index contributed by atoms with van der Waals surface area (Å²) in [5, 5.41) is 5.83. The van der Waals surface area contributed by atoms with Crippen molar-refractivity contribution in [3.05, 3.63) is 76.0 Å². The van der Waals surface area contributed by atoms with Crippen molar-refractivity contribution < 1.29 is 18.4 Å². The molecule has 27 heavy (non-hydrogen) atoms. The van der Waals surface area contributed by atoms with Gasteiger partial charge in [-0.2, -0.15) is 0 Å². The molecule has 1 aliphatic rings. The Hall–Kier alpha value is -2.93. The quantitative estimate of drug-likeness (QED) is 0.822. The normalized spacial score (nSPS) is 17.0. The fourth-order valence-corrected chi connectivity index (χ4v) is 2.93. The number of allylic oxidation sites excluding steroid dienone is 1. The number of benzene rings is 2. The summed E-state index contributed by atoms with van der Waals surface area (Å²) in [5.74, 6) is -2.61. The number of hydrogen-bond donors (Lipinski definition) is 2. The van der Waals surface area contributed by atoms with E-state index in [-0.39, 0.29) is 17.3 Å². The van der Waals surface area contributed by atoms with E-state index in [0.717, 1.165) is 12.1 Å². The monoisotopic (exact) mass is 391 g/mol. The van der Waals surface area contributed by atoms with Gasteiger partial charge in [0, 0.05) is 29.5 Å². The van der Waals surface area contributed by atoms with Crippen LogP contribution in [0.5, 0.6) is 0 Å². The van der Waals surface area contributed by atoms with Gasteiger partial charge in [-0.1, -0.05) is 23.7 Å². The Morgan fingerprint density at radius 2 is 1.81 bits per heavy atom. The van der Waals surface area contributed by atoms with Crippen LogP contribution in [0.3, 0.4) is 0 Å². The van der Waals surface area contributed by atoms with Gasteiger partial charge in [-0.25, -0.2) is 13.6 Å². The highest BCUT2D eigenvalue weighted by molar-refractivity contribution is 6.30. The highest BCUT2D eigenvalue weighted by Gasteiger charge is 2.34. The van der Waals surface area contributed by atoms with Crippen LogP contribution in [0.1, 0.15) is 18.5 Å². The Morgan fingerprint density at radius 3 is 2.44 bits per heavy atom. The van der Waals surface area contributed by atoms with E-state index in [4.69, 9.17) is 11.6 Å². The second-order valence-electron chi connectivity index (χ2n) is 6.08. The van der Waals surface area contributed by atoms with Gasteiger partial charge in [-0.15, -0.1) is 0 Å². The number of rotatable bonds is 3. The molecule has 3 amide bonds. The van der Waals surface area contributed by atoms with Gasteiger partial charge in [0.15, 0.2) is 11.6 Å². The van der Waals surface area contributed by atoms with E-state index in [0.29, 0.717) is 16.3 Å². The lowest BCUT2D eigenvalue weighted by Crippen LogP contribution is -2.46. The first-order valence-corrected chi connectivity index (χ1v) is 8.42. The van der Waals surface area contributed by atoms with E-state index in [9.17, 15) is 18.4 Å². The predicted molar refractivity (Wildman–Crippen MR) is 98.2 cm³/mol. The third kappa shape index (κ3) is 3.78. The molecule has 0 unspecified atom stereocenters. The van der Waals surface area contributed by atoms with Crippen LogP contribution in [0.25, 0.3) is 0 Å². The lowest BCUT2D eigenvalue weighted by atomic mass is 9.94. The molecule has 0 aromatic heterocycles. The highest BCUT2D eigenvalue weighted by Crippen LogP contribution is 2.31. The fourth-order valence-electron chi connectivity index (χ4n) is 2.81. The first-order valence-electron chi connectivity index (χ1n) is 8.05. The molecular formula is C19H16ClF2N3O2. The molecule has 0 saturated heterocycles. The second kappa shape index (κ2) is 7.36. The summed E-state index contributed by atoms with van der Waals surface area (Å²) in [6.45, 7) is 1.64. The third-order valence-corrected chi connectivity index (χ3v) is 4.63. The van der Waals surface area contributed by atoms with Crippen LogP contribution < -0.4 is 10.6 Å². The number of hydrogen-bond acceptors (Lipinski definition) is 2. The Bertz CT molecular complexity index is 944. The van der Waals surface area contributed by atoms with Crippen LogP contribution in [0.4, 0.5) is 19.3 Å². The van der Waals surface area contributed by atoms with Gasteiger partial charge in [0.1, 0.15) is 0 Å². The van der Waals surface area contributed by atoms with Crippen LogP contribution in [0, 0.1) is 11.6 Å². The molecule has 2 aromatic rings. The summed E-state index contributed by atoms with van der Waals surface area (Å²) in [6.07, 6.45) is 0. The average Bonchev–Trinajstić information content (AvgIpc) is 2.63. The fraction of sp³-hybridized carbons (Fsp3) is 0.158. The summed E-state index contributed by atoms with van der Waals surface area (Å²) >= 11 is 5.91. The summed E-state index contributed by atoms with van der Waals surface area (Å²) in [5.41, 5.74) is 1.49. The molecule has 8 heteroatoms. The molecule has 0 aliphatic carbocycles. The molecule has 2 aromatic carbocycles. The summed E-state index contributed by atoms with van der Waals surface area (Å²) < 4.78 is 26.5. The summed E-state index contributed by atoms with van der Waals surface area (Å²) in [7, 11) is 1.54. The second-order valence-corrected chi connectivity index (χ2v) is 6.51. The van der Waals surface area contributed by atoms with E-state index in [1.54, 1.807) is 31.2 Å². The van der Waals surface area contributed by atoms with Gasteiger partial charge in [0.25, 0.3) is 5.91 Å². The van der Waals surface area contributed by atoms with Crippen LogP contribution >= 0.6 is 11.6 Å². The van der Waals surface area contributed by atoms with Crippen molar-refractivity contribution in [2.45, 2.75) is 13.0 Å². The SMILES string of the molecule is CC1=C(C(=O)Nc2ccc(F)c(F)c2)[C@@H](c2ccc(Cl)cc2)NC(=O)N1C. The highest BCUT2D eigenvalue weighted by atomic mass is 35.5. The molecule has 0 radical (unpaired) electrons. The van der Waals surface area contributed by atoms with Crippen molar-refractivity contribution in [1.29, 1.82) is 0 Å². The molecule has 0 fully saturated rings. The van der Waals surface area contributed by atoms with E-state index >= 15 is 0 Å². The van der Waals surface area contributed by atoms with Crippen molar-refractivity contribution in [3.8, 4) is 0 Å². The van der Waals surface area contributed by atoms with Crippen molar-refractivity contribution in [1.82, 2.24) is 10.2 Å². The Kier molecular flexibility index (Phi) is 5.14. The number of urea groups is 1. The number of halogens is 3. The molecule has 3 rings (SSSR count). The Balaban J connectivity index is 1.98. The zero-order chi connectivity index (χ0) is 19.7. The van der Waals surface area contributed by atoms with E-state index in [2.05, 4.69) is 10.6 Å². The maximum absolute atomic E-state index is 13.4. The van der Waals surface area contributed by atoms with Crippen LogP contribution in [0.2, 0.25) is 5.02 Å². The molecule has 1 aliphatic heterocycles. The molecular weight excluding hydrogens is 376 g/mol. The van der Waals surface area contributed by atoms with Crippen molar-refractivity contribution >= 4 is 29.2 Å². The molecule has 2 N–H and O–H groups in total. The van der Waals surface area contributed by atoms with E-state index < -0.39 is 23.6 Å². The number of carbonyl (C=O) groups is 2. The van der Waals surface area contributed by atoms with Crippen molar-refractivity contribution in [2.24, 2.45) is 0 Å². The maximum Gasteiger partial charge on any atom is 0.322 e. The molecule has 5 nitrogen and oxygen atoms in total. The first kappa shape index (κ1) is 18.8. The smallest absolute Gasteiger partial charge is 0.322 e. The third-order valence-electron chi connectivity index (χ3n) is 4.38. The predicted octanol–water partition coefficient (Wildman–Crippen LogP) is 4.23.